The molecule has 206 valence electrons. The van der Waals surface area contributed by atoms with Gasteiger partial charge in [0.2, 0.25) is 0 Å². The van der Waals surface area contributed by atoms with E-state index in [4.69, 9.17) is 14.2 Å². The number of hydrogen-bond donors (Lipinski definition) is 0. The van der Waals surface area contributed by atoms with Crippen LogP contribution in [0.15, 0.2) is 11.6 Å². The second-order valence-corrected chi connectivity index (χ2v) is 15.0. The summed E-state index contributed by atoms with van der Waals surface area (Å²) in [5.41, 5.74) is -0.663. The molecule has 0 N–H and O–H groups in total. The van der Waals surface area contributed by atoms with E-state index in [0.29, 0.717) is 11.8 Å². The monoisotopic (exact) mass is 512 g/mol. The van der Waals surface area contributed by atoms with Crippen LogP contribution in [0.3, 0.4) is 0 Å². The van der Waals surface area contributed by atoms with E-state index in [1.807, 2.05) is 0 Å². The highest BCUT2D eigenvalue weighted by Gasteiger charge is 2.97. The van der Waals surface area contributed by atoms with Gasteiger partial charge in [0.1, 0.15) is 11.5 Å². The molecule has 2 spiro atoms. The first kappa shape index (κ1) is 25.9. The van der Waals surface area contributed by atoms with Crippen molar-refractivity contribution in [3.63, 3.8) is 0 Å². The van der Waals surface area contributed by atoms with Crippen LogP contribution in [0.1, 0.15) is 113 Å². The van der Waals surface area contributed by atoms with Gasteiger partial charge in [-0.15, -0.1) is 0 Å². The summed E-state index contributed by atoms with van der Waals surface area (Å²) in [6, 6.07) is 0. The molecule has 0 aromatic carbocycles. The van der Waals surface area contributed by atoms with E-state index < -0.39 is 16.6 Å². The van der Waals surface area contributed by atoms with Gasteiger partial charge in [0.15, 0.2) is 11.2 Å². The minimum atomic E-state index is -0.567. The summed E-state index contributed by atoms with van der Waals surface area (Å²) in [7, 11) is 0. The van der Waals surface area contributed by atoms with Gasteiger partial charge in [0, 0.05) is 17.8 Å². The maximum absolute atomic E-state index is 14.3. The summed E-state index contributed by atoms with van der Waals surface area (Å²) < 4.78 is 19.6. The average Bonchev–Trinajstić information content (AvgIpc) is 3.39. The van der Waals surface area contributed by atoms with Crippen LogP contribution in [0.5, 0.6) is 0 Å². The molecule has 2 heterocycles. The SMILES string of the molecule is CC(=O)O[C@H]1CC[C@@]2(C)[C@@H](C[C@@H]3O[C@]34[C@]23CC[C@]2(C)[C@@H]([C@H](C)CCC=C(C)C)CC[C@@]42C(=O)O3)C1(C)C. The van der Waals surface area contributed by atoms with Crippen molar-refractivity contribution in [2.75, 3.05) is 0 Å². The molecule has 0 unspecified atom stereocenters. The first-order valence-corrected chi connectivity index (χ1v) is 15.0. The van der Waals surface area contributed by atoms with Gasteiger partial charge in [-0.05, 0) is 94.8 Å². The zero-order valence-electron chi connectivity index (χ0n) is 24.4. The molecule has 2 aliphatic heterocycles. The van der Waals surface area contributed by atoms with Gasteiger partial charge >= 0.3 is 11.9 Å². The number of fused-ring (bicyclic) bond motifs is 1. The summed E-state index contributed by atoms with van der Waals surface area (Å²) >= 11 is 0. The Bertz CT molecular complexity index is 1060. The molecule has 2 bridgehead atoms. The molecule has 6 aliphatic rings. The van der Waals surface area contributed by atoms with Crippen LogP contribution in [-0.2, 0) is 23.8 Å². The van der Waals surface area contributed by atoms with E-state index in [1.54, 1.807) is 0 Å². The Morgan fingerprint density at radius 3 is 2.46 bits per heavy atom. The lowest BCUT2D eigenvalue weighted by molar-refractivity contribution is -0.236. The largest absolute Gasteiger partial charge is 0.462 e. The van der Waals surface area contributed by atoms with Crippen LogP contribution >= 0.6 is 0 Å². The Morgan fingerprint density at radius 1 is 1.05 bits per heavy atom. The molecule has 10 atom stereocenters. The molecular weight excluding hydrogens is 464 g/mol. The van der Waals surface area contributed by atoms with E-state index in [-0.39, 0.29) is 46.3 Å². The molecule has 4 saturated carbocycles. The number of hydrogen-bond acceptors (Lipinski definition) is 5. The Labute approximate surface area is 223 Å². The summed E-state index contributed by atoms with van der Waals surface area (Å²) in [6.45, 7) is 17.6. The Morgan fingerprint density at radius 2 is 1.78 bits per heavy atom. The van der Waals surface area contributed by atoms with Crippen molar-refractivity contribution >= 4 is 11.9 Å². The van der Waals surface area contributed by atoms with Crippen molar-refractivity contribution < 1.29 is 23.8 Å². The van der Waals surface area contributed by atoms with Gasteiger partial charge < -0.3 is 14.2 Å². The van der Waals surface area contributed by atoms with Crippen molar-refractivity contribution in [3.8, 4) is 0 Å². The van der Waals surface area contributed by atoms with Crippen LogP contribution in [-0.4, -0.2) is 35.3 Å². The van der Waals surface area contributed by atoms with Crippen LogP contribution < -0.4 is 0 Å². The fraction of sp³-hybridized carbons (Fsp3) is 0.875. The second-order valence-electron chi connectivity index (χ2n) is 15.0. The fourth-order valence-electron chi connectivity index (χ4n) is 11.5. The molecule has 4 aliphatic carbocycles. The van der Waals surface area contributed by atoms with E-state index in [9.17, 15) is 9.59 Å². The van der Waals surface area contributed by atoms with Gasteiger partial charge in [-0.1, -0.05) is 46.3 Å². The molecular formula is C32H48O5. The number of allylic oxidation sites excluding steroid dienone is 2. The van der Waals surface area contributed by atoms with Crippen molar-refractivity contribution in [2.24, 2.45) is 39.4 Å². The lowest BCUT2D eigenvalue weighted by atomic mass is 9.36. The van der Waals surface area contributed by atoms with E-state index in [2.05, 4.69) is 54.5 Å². The molecule has 0 aromatic rings. The average molecular weight is 513 g/mol. The first-order valence-electron chi connectivity index (χ1n) is 15.0. The van der Waals surface area contributed by atoms with Crippen molar-refractivity contribution in [3.05, 3.63) is 11.6 Å². The minimum absolute atomic E-state index is 0.0378. The predicted octanol–water partition coefficient (Wildman–Crippen LogP) is 6.78. The highest BCUT2D eigenvalue weighted by Crippen LogP contribution is 2.87. The number of carbonyl (C=O) groups is 2. The molecule has 6 rings (SSSR count). The third-order valence-corrected chi connectivity index (χ3v) is 13.2. The second kappa shape index (κ2) is 7.64. The van der Waals surface area contributed by atoms with Crippen LogP contribution in [0, 0.1) is 39.4 Å². The topological polar surface area (TPSA) is 65.1 Å². The molecule has 6 fully saturated rings. The van der Waals surface area contributed by atoms with Crippen molar-refractivity contribution in [1.82, 2.24) is 0 Å². The summed E-state index contributed by atoms with van der Waals surface area (Å²) in [5, 5.41) is 0. The van der Waals surface area contributed by atoms with Gasteiger partial charge in [0.25, 0.3) is 0 Å². The van der Waals surface area contributed by atoms with Crippen molar-refractivity contribution in [2.45, 2.75) is 137 Å². The highest BCUT2D eigenvalue weighted by molar-refractivity contribution is 5.87. The first-order chi connectivity index (χ1) is 17.2. The highest BCUT2D eigenvalue weighted by atomic mass is 16.7. The van der Waals surface area contributed by atoms with Gasteiger partial charge in [-0.3, -0.25) is 9.59 Å². The van der Waals surface area contributed by atoms with E-state index >= 15 is 0 Å². The molecule has 5 heteroatoms. The van der Waals surface area contributed by atoms with Crippen LogP contribution in [0.4, 0.5) is 0 Å². The standard InChI is InChI=1S/C32H48O5/c1-19(2)10-9-11-20(3)22-12-15-30-26(34)37-31(17-16-28(22,30)7)29(8)14-13-24(35-21(4)33)27(5,6)23(29)18-25-32(30,31)36-25/h10,20,22-25H,9,11-18H2,1-8H3/t20-,22-,23+,24+,25+,28-,29+,30+,31+,32-/m1/s1. The quantitative estimate of drug-likeness (QED) is 0.231. The van der Waals surface area contributed by atoms with E-state index in [0.717, 1.165) is 51.4 Å². The Kier molecular flexibility index (Phi) is 5.35. The number of rotatable bonds is 5. The predicted molar refractivity (Wildman–Crippen MR) is 142 cm³/mol. The molecule has 0 aromatic heterocycles. The zero-order valence-corrected chi connectivity index (χ0v) is 24.4. The smallest absolute Gasteiger partial charge is 0.316 e. The van der Waals surface area contributed by atoms with Crippen LogP contribution in [0.2, 0.25) is 0 Å². The fourth-order valence-corrected chi connectivity index (χ4v) is 11.5. The third kappa shape index (κ3) is 2.76. The minimum Gasteiger partial charge on any atom is -0.462 e. The Hall–Kier alpha value is -1.36. The summed E-state index contributed by atoms with van der Waals surface area (Å²) in [5.74, 6) is 1.19. The normalized spacial score (nSPS) is 51.1. The van der Waals surface area contributed by atoms with Gasteiger partial charge in [-0.25, -0.2) is 0 Å². The lowest BCUT2D eigenvalue weighted by Gasteiger charge is -2.65. The number of ether oxygens (including phenoxy) is 3. The molecule has 0 radical (unpaired) electrons. The van der Waals surface area contributed by atoms with Crippen molar-refractivity contribution in [1.29, 1.82) is 0 Å². The molecule has 37 heavy (non-hydrogen) atoms. The number of epoxide rings is 1. The maximum Gasteiger partial charge on any atom is 0.316 e. The number of carbonyl (C=O) groups excluding carboxylic acids is 2. The molecule has 5 nitrogen and oxygen atoms in total. The lowest BCUT2D eigenvalue weighted by Crippen LogP contribution is -2.73. The summed E-state index contributed by atoms with van der Waals surface area (Å²) in [4.78, 5) is 26.3. The number of esters is 2. The zero-order chi connectivity index (χ0) is 26.8. The van der Waals surface area contributed by atoms with E-state index in [1.165, 1.54) is 18.9 Å². The third-order valence-electron chi connectivity index (χ3n) is 13.2. The maximum atomic E-state index is 14.3. The summed E-state index contributed by atoms with van der Waals surface area (Å²) in [6.07, 6.45) is 11.2. The molecule has 0 amide bonds. The molecule has 2 saturated heterocycles. The van der Waals surface area contributed by atoms with Gasteiger partial charge in [-0.2, -0.15) is 0 Å². The Balaban J connectivity index is 1.38. The van der Waals surface area contributed by atoms with Crippen LogP contribution in [0.25, 0.3) is 0 Å². The van der Waals surface area contributed by atoms with Gasteiger partial charge in [0.05, 0.1) is 6.10 Å².